The van der Waals surface area contributed by atoms with Gasteiger partial charge in [0, 0.05) is 12.1 Å². The van der Waals surface area contributed by atoms with Gasteiger partial charge in [0.1, 0.15) is 6.54 Å². The van der Waals surface area contributed by atoms with E-state index in [1.165, 1.54) is 23.5 Å². The predicted octanol–water partition coefficient (Wildman–Crippen LogP) is 3.02. The van der Waals surface area contributed by atoms with E-state index in [4.69, 9.17) is 5.11 Å². The molecule has 132 valence electrons. The third kappa shape index (κ3) is 3.67. The van der Waals surface area contributed by atoms with Gasteiger partial charge in [-0.2, -0.15) is 5.10 Å². The second kappa shape index (κ2) is 7.28. The Hall–Kier alpha value is -3.33. The first-order valence-corrected chi connectivity index (χ1v) is 8.40. The van der Waals surface area contributed by atoms with Crippen LogP contribution in [0.1, 0.15) is 12.5 Å². The van der Waals surface area contributed by atoms with Crippen LogP contribution >= 0.6 is 11.3 Å². The molecule has 8 nitrogen and oxygen atoms in total. The molecule has 0 aliphatic rings. The van der Waals surface area contributed by atoms with E-state index in [1.807, 2.05) is 24.3 Å². The van der Waals surface area contributed by atoms with Crippen molar-refractivity contribution in [1.29, 1.82) is 0 Å². The summed E-state index contributed by atoms with van der Waals surface area (Å²) in [6.07, 6.45) is 0. The average Bonchev–Trinajstić information content (AvgIpc) is 2.97. The molecule has 9 heteroatoms. The molecule has 0 radical (unpaired) electrons. The molecule has 0 atom stereocenters. The SMILES string of the molecule is C/C(=N\N=c1\sc2ccccc2n1CC(=O)O)c1ccc([N+](=O)[O-])cc1. The van der Waals surface area contributed by atoms with Crippen LogP contribution in [0.3, 0.4) is 0 Å². The smallest absolute Gasteiger partial charge is 0.323 e. The number of benzene rings is 2. The summed E-state index contributed by atoms with van der Waals surface area (Å²) in [5.41, 5.74) is 2.05. The third-order valence-electron chi connectivity index (χ3n) is 3.66. The minimum absolute atomic E-state index is 0.00213. The van der Waals surface area contributed by atoms with E-state index in [2.05, 4.69) is 10.2 Å². The van der Waals surface area contributed by atoms with E-state index in [-0.39, 0.29) is 12.2 Å². The lowest BCUT2D eigenvalue weighted by atomic mass is 10.1. The fourth-order valence-corrected chi connectivity index (χ4v) is 3.37. The van der Waals surface area contributed by atoms with E-state index in [0.717, 1.165) is 10.2 Å². The molecule has 26 heavy (non-hydrogen) atoms. The summed E-state index contributed by atoms with van der Waals surface area (Å²) in [5.74, 6) is -0.967. The Morgan fingerprint density at radius 2 is 1.92 bits per heavy atom. The summed E-state index contributed by atoms with van der Waals surface area (Å²) in [5, 5.41) is 28.2. The van der Waals surface area contributed by atoms with E-state index < -0.39 is 10.9 Å². The van der Waals surface area contributed by atoms with Crippen LogP contribution in [0.25, 0.3) is 10.2 Å². The normalized spacial score (nSPS) is 12.5. The van der Waals surface area contributed by atoms with Crippen LogP contribution in [-0.4, -0.2) is 26.3 Å². The number of carbonyl (C=O) groups is 1. The second-order valence-electron chi connectivity index (χ2n) is 5.42. The molecule has 3 aromatic rings. The maximum atomic E-state index is 11.2. The third-order valence-corrected chi connectivity index (χ3v) is 4.71. The molecule has 1 heterocycles. The van der Waals surface area contributed by atoms with Crippen LogP contribution in [0.15, 0.2) is 58.7 Å². The number of aromatic nitrogens is 1. The minimum Gasteiger partial charge on any atom is -0.480 e. The topological polar surface area (TPSA) is 110 Å². The highest BCUT2D eigenvalue weighted by Crippen LogP contribution is 2.17. The molecule has 3 rings (SSSR count). The Balaban J connectivity index is 2.02. The van der Waals surface area contributed by atoms with Crippen molar-refractivity contribution in [2.24, 2.45) is 10.2 Å². The molecule has 0 amide bonds. The van der Waals surface area contributed by atoms with E-state index >= 15 is 0 Å². The number of para-hydroxylation sites is 1. The summed E-state index contributed by atoms with van der Waals surface area (Å²) in [4.78, 5) is 21.9. The van der Waals surface area contributed by atoms with Gasteiger partial charge in [-0.05, 0) is 36.8 Å². The van der Waals surface area contributed by atoms with Crippen LogP contribution < -0.4 is 4.80 Å². The number of carboxylic acids is 1. The fraction of sp³-hybridized carbons (Fsp3) is 0.118. The van der Waals surface area contributed by atoms with Crippen molar-refractivity contribution < 1.29 is 14.8 Å². The highest BCUT2D eigenvalue weighted by atomic mass is 32.1. The van der Waals surface area contributed by atoms with Gasteiger partial charge < -0.3 is 9.67 Å². The lowest BCUT2D eigenvalue weighted by Crippen LogP contribution is -2.19. The number of hydrogen-bond acceptors (Lipinski definition) is 6. The Bertz CT molecular complexity index is 1080. The van der Waals surface area contributed by atoms with Gasteiger partial charge in [0.15, 0.2) is 0 Å². The molecule has 0 saturated heterocycles. The number of carboxylic acid groups (broad SMARTS) is 1. The van der Waals surface area contributed by atoms with Gasteiger partial charge in [-0.25, -0.2) is 0 Å². The van der Waals surface area contributed by atoms with Gasteiger partial charge in [0.2, 0.25) is 4.80 Å². The maximum Gasteiger partial charge on any atom is 0.323 e. The molecule has 2 aromatic carbocycles. The largest absolute Gasteiger partial charge is 0.480 e. The average molecular weight is 370 g/mol. The number of nitro benzene ring substituents is 1. The van der Waals surface area contributed by atoms with E-state index in [9.17, 15) is 14.9 Å². The van der Waals surface area contributed by atoms with Crippen molar-refractivity contribution in [2.45, 2.75) is 13.5 Å². The van der Waals surface area contributed by atoms with Crippen molar-refractivity contribution in [1.82, 2.24) is 4.57 Å². The zero-order valence-electron chi connectivity index (χ0n) is 13.7. The Morgan fingerprint density at radius 3 is 2.58 bits per heavy atom. The minimum atomic E-state index is -0.967. The lowest BCUT2D eigenvalue weighted by molar-refractivity contribution is -0.384. The summed E-state index contributed by atoms with van der Waals surface area (Å²) in [6.45, 7) is 1.52. The van der Waals surface area contributed by atoms with Crippen LogP contribution in [0.4, 0.5) is 5.69 Å². The van der Waals surface area contributed by atoms with E-state index in [0.29, 0.717) is 16.1 Å². The van der Waals surface area contributed by atoms with Gasteiger partial charge >= 0.3 is 5.97 Å². The number of hydrogen-bond donors (Lipinski definition) is 1. The summed E-state index contributed by atoms with van der Waals surface area (Å²) in [7, 11) is 0. The van der Waals surface area contributed by atoms with Crippen molar-refractivity contribution in [3.05, 3.63) is 69.0 Å². The van der Waals surface area contributed by atoms with Crippen molar-refractivity contribution in [3.8, 4) is 0 Å². The molecule has 0 fully saturated rings. The van der Waals surface area contributed by atoms with Gasteiger partial charge in [0.05, 0.1) is 20.9 Å². The first-order chi connectivity index (χ1) is 12.5. The molecule has 0 spiro atoms. The number of non-ortho nitro benzene ring substituents is 1. The first-order valence-electron chi connectivity index (χ1n) is 7.59. The Kier molecular flexibility index (Phi) is 4.90. The van der Waals surface area contributed by atoms with Crippen LogP contribution in [0, 0.1) is 10.1 Å². The molecule has 0 aliphatic carbocycles. The van der Waals surface area contributed by atoms with Gasteiger partial charge in [-0.15, -0.1) is 5.10 Å². The van der Waals surface area contributed by atoms with Gasteiger partial charge in [0.25, 0.3) is 5.69 Å². The summed E-state index contributed by atoms with van der Waals surface area (Å²) < 4.78 is 2.50. The summed E-state index contributed by atoms with van der Waals surface area (Å²) >= 11 is 1.35. The number of aliphatic carboxylic acids is 1. The quantitative estimate of drug-likeness (QED) is 0.423. The zero-order chi connectivity index (χ0) is 18.7. The number of nitrogens with zero attached hydrogens (tertiary/aromatic N) is 4. The van der Waals surface area contributed by atoms with E-state index in [1.54, 1.807) is 23.6 Å². The van der Waals surface area contributed by atoms with Crippen LogP contribution in [0.5, 0.6) is 0 Å². The molecule has 0 unspecified atom stereocenters. The Labute approximate surface area is 151 Å². The highest BCUT2D eigenvalue weighted by Gasteiger charge is 2.09. The number of nitro groups is 1. The summed E-state index contributed by atoms with van der Waals surface area (Å²) in [6, 6.07) is 13.4. The van der Waals surface area contributed by atoms with Crippen LogP contribution in [-0.2, 0) is 11.3 Å². The number of thiazole rings is 1. The molecular weight excluding hydrogens is 356 g/mol. The lowest BCUT2D eigenvalue weighted by Gasteiger charge is -2.00. The van der Waals surface area contributed by atoms with Gasteiger partial charge in [-0.1, -0.05) is 23.5 Å². The second-order valence-corrected chi connectivity index (χ2v) is 6.43. The Morgan fingerprint density at radius 1 is 1.23 bits per heavy atom. The monoisotopic (exact) mass is 370 g/mol. The van der Waals surface area contributed by atoms with Crippen molar-refractivity contribution in [2.75, 3.05) is 0 Å². The zero-order valence-corrected chi connectivity index (χ0v) is 14.5. The van der Waals surface area contributed by atoms with Crippen LogP contribution in [0.2, 0.25) is 0 Å². The molecule has 1 N–H and O–H groups in total. The number of rotatable bonds is 5. The van der Waals surface area contributed by atoms with Gasteiger partial charge in [-0.3, -0.25) is 14.9 Å². The van der Waals surface area contributed by atoms with Crippen molar-refractivity contribution in [3.63, 3.8) is 0 Å². The molecule has 0 saturated carbocycles. The maximum absolute atomic E-state index is 11.2. The highest BCUT2D eigenvalue weighted by molar-refractivity contribution is 7.16. The van der Waals surface area contributed by atoms with Crippen molar-refractivity contribution >= 4 is 38.9 Å². The molecule has 0 aliphatic heterocycles. The standard InChI is InChI=1S/C17H14N4O4S/c1-11(12-6-8-13(9-7-12)21(24)25)18-19-17-20(10-16(22)23)14-4-2-3-5-15(14)26-17/h2-9H,10H2,1H3,(H,22,23)/b18-11+,19-17+. The molecular formula is C17H14N4O4S. The fourth-order valence-electron chi connectivity index (χ4n) is 2.39. The first kappa shape index (κ1) is 17.5. The molecule has 0 bridgehead atoms. The molecule has 1 aromatic heterocycles. The predicted molar refractivity (Wildman–Crippen MR) is 98.3 cm³/mol. The number of fused-ring (bicyclic) bond motifs is 1.